The summed E-state index contributed by atoms with van der Waals surface area (Å²) in [5.74, 6) is -0.297. The number of hydrogen-bond acceptors (Lipinski definition) is 7. The van der Waals surface area contributed by atoms with Gasteiger partial charge >= 0.3 is 5.97 Å². The normalized spacial score (nSPS) is 12.5. The van der Waals surface area contributed by atoms with Crippen molar-refractivity contribution in [1.29, 1.82) is 0 Å². The summed E-state index contributed by atoms with van der Waals surface area (Å²) < 4.78 is 9.01. The molecule has 1 atom stereocenters. The van der Waals surface area contributed by atoms with E-state index in [1.54, 1.807) is 17.5 Å². The van der Waals surface area contributed by atoms with Crippen LogP contribution >= 0.6 is 12.9 Å². The highest BCUT2D eigenvalue weighted by Gasteiger charge is 2.17. The molecule has 0 aliphatic carbocycles. The molecule has 0 spiro atoms. The van der Waals surface area contributed by atoms with Gasteiger partial charge < -0.3 is 4.74 Å². The number of carbonyl (C=O) groups is 1. The SMILES string of the molecule is CCN(OOS)C(C)c1cncc(CC(=O)OC)c1. The largest absolute Gasteiger partial charge is 0.469 e. The van der Waals surface area contributed by atoms with E-state index in [9.17, 15) is 4.79 Å². The molecule has 0 saturated carbocycles. The summed E-state index contributed by atoms with van der Waals surface area (Å²) in [6, 6.07) is 1.81. The quantitative estimate of drug-likeness (QED) is 0.271. The van der Waals surface area contributed by atoms with Gasteiger partial charge in [0.15, 0.2) is 0 Å². The van der Waals surface area contributed by atoms with E-state index in [1.807, 2.05) is 19.9 Å². The Kier molecular flexibility index (Phi) is 6.79. The van der Waals surface area contributed by atoms with Crippen molar-refractivity contribution >= 4 is 18.9 Å². The minimum Gasteiger partial charge on any atom is -0.469 e. The van der Waals surface area contributed by atoms with Crippen molar-refractivity contribution in [3.8, 4) is 0 Å². The van der Waals surface area contributed by atoms with Crippen LogP contribution in [0.15, 0.2) is 18.5 Å². The van der Waals surface area contributed by atoms with Crippen LogP contribution in [0.4, 0.5) is 0 Å². The molecule has 0 saturated heterocycles. The number of nitrogens with zero attached hydrogens (tertiary/aromatic N) is 2. The van der Waals surface area contributed by atoms with Crippen LogP contribution in [0.25, 0.3) is 0 Å². The van der Waals surface area contributed by atoms with Crippen molar-refractivity contribution in [1.82, 2.24) is 10.0 Å². The molecule has 0 N–H and O–H groups in total. The average Bonchev–Trinajstić information content (AvgIpc) is 2.44. The smallest absolute Gasteiger partial charge is 0.310 e. The zero-order chi connectivity index (χ0) is 14.3. The van der Waals surface area contributed by atoms with Crippen LogP contribution in [-0.2, 0) is 25.3 Å². The Hall–Kier alpha value is -1.15. The van der Waals surface area contributed by atoms with E-state index in [2.05, 4.69) is 27.0 Å². The van der Waals surface area contributed by atoms with Gasteiger partial charge in [0.2, 0.25) is 0 Å². The third-order valence-electron chi connectivity index (χ3n) is 2.75. The summed E-state index contributed by atoms with van der Waals surface area (Å²) in [6.07, 6.45) is 3.55. The lowest BCUT2D eigenvalue weighted by Gasteiger charge is -2.24. The van der Waals surface area contributed by atoms with E-state index in [0.29, 0.717) is 6.54 Å². The van der Waals surface area contributed by atoms with Crippen LogP contribution in [0.2, 0.25) is 0 Å². The summed E-state index contributed by atoms with van der Waals surface area (Å²) in [5, 5.41) is 1.60. The van der Waals surface area contributed by atoms with Crippen molar-refractivity contribution in [3.63, 3.8) is 0 Å². The number of thiol groups is 1. The van der Waals surface area contributed by atoms with E-state index < -0.39 is 0 Å². The van der Waals surface area contributed by atoms with E-state index in [1.165, 1.54) is 7.11 Å². The Bertz CT molecular complexity index is 416. The maximum Gasteiger partial charge on any atom is 0.310 e. The number of pyridine rings is 1. The Morgan fingerprint density at radius 1 is 1.53 bits per heavy atom. The number of hydroxylamine groups is 2. The fourth-order valence-electron chi connectivity index (χ4n) is 1.67. The van der Waals surface area contributed by atoms with E-state index in [0.717, 1.165) is 11.1 Å². The molecule has 1 aromatic rings. The number of rotatable bonds is 7. The van der Waals surface area contributed by atoms with Crippen molar-refractivity contribution in [2.45, 2.75) is 26.3 Å². The van der Waals surface area contributed by atoms with E-state index in [4.69, 9.17) is 4.99 Å². The molecule has 19 heavy (non-hydrogen) atoms. The van der Waals surface area contributed by atoms with Gasteiger partial charge in [-0.3, -0.25) is 9.78 Å². The molecule has 0 radical (unpaired) electrons. The van der Waals surface area contributed by atoms with Gasteiger partial charge in [-0.2, -0.15) is 0 Å². The van der Waals surface area contributed by atoms with Crippen LogP contribution in [0.3, 0.4) is 0 Å². The van der Waals surface area contributed by atoms with Gasteiger partial charge in [-0.1, -0.05) is 6.07 Å². The van der Waals surface area contributed by atoms with E-state index >= 15 is 0 Å². The molecular weight excluding hydrogens is 268 g/mol. The van der Waals surface area contributed by atoms with Crippen LogP contribution in [0.5, 0.6) is 0 Å². The zero-order valence-electron chi connectivity index (χ0n) is 11.2. The molecule has 7 heteroatoms. The first-order valence-electron chi connectivity index (χ1n) is 5.87. The summed E-state index contributed by atoms with van der Waals surface area (Å²) in [6.45, 7) is 4.48. The van der Waals surface area contributed by atoms with Crippen LogP contribution in [0.1, 0.15) is 31.0 Å². The zero-order valence-corrected chi connectivity index (χ0v) is 12.1. The molecule has 0 bridgehead atoms. The first-order valence-corrected chi connectivity index (χ1v) is 6.24. The Balaban J connectivity index is 2.82. The molecule has 0 fully saturated rings. The minimum absolute atomic E-state index is 0.0813. The molecule has 1 unspecified atom stereocenters. The van der Waals surface area contributed by atoms with Gasteiger partial charge in [0, 0.05) is 31.8 Å². The number of esters is 1. The van der Waals surface area contributed by atoms with Crippen molar-refractivity contribution < 1.29 is 18.9 Å². The first-order chi connectivity index (χ1) is 9.12. The minimum atomic E-state index is -0.297. The summed E-state index contributed by atoms with van der Waals surface area (Å²) >= 11 is 3.56. The van der Waals surface area contributed by atoms with E-state index in [-0.39, 0.29) is 18.4 Å². The Morgan fingerprint density at radius 2 is 2.26 bits per heavy atom. The maximum absolute atomic E-state index is 11.2. The summed E-state index contributed by atoms with van der Waals surface area (Å²) in [4.78, 5) is 20.3. The average molecular weight is 286 g/mol. The third kappa shape index (κ3) is 4.79. The molecule has 1 rings (SSSR count). The topological polar surface area (TPSA) is 60.9 Å². The monoisotopic (exact) mass is 286 g/mol. The van der Waals surface area contributed by atoms with Gasteiger partial charge in [0.1, 0.15) is 0 Å². The molecule has 0 aliphatic heterocycles. The van der Waals surface area contributed by atoms with Gasteiger partial charge in [-0.05, 0) is 25.0 Å². The molecule has 1 aromatic heterocycles. The third-order valence-corrected chi connectivity index (χ3v) is 2.81. The second kappa shape index (κ2) is 8.11. The highest BCUT2D eigenvalue weighted by atomic mass is 32.1. The molecular formula is C12H18N2O4S. The number of ether oxygens (including phenoxy) is 1. The highest BCUT2D eigenvalue weighted by molar-refractivity contribution is 7.74. The summed E-state index contributed by atoms with van der Waals surface area (Å²) in [5.41, 5.74) is 1.70. The number of aromatic nitrogens is 1. The first kappa shape index (κ1) is 15.9. The molecule has 1 heterocycles. The van der Waals surface area contributed by atoms with Gasteiger partial charge in [0.25, 0.3) is 0 Å². The van der Waals surface area contributed by atoms with Crippen molar-refractivity contribution in [2.24, 2.45) is 0 Å². The predicted octanol–water partition coefficient (Wildman–Crippen LogP) is 1.89. The second-order valence-corrected chi connectivity index (χ2v) is 4.09. The van der Waals surface area contributed by atoms with Crippen LogP contribution in [-0.4, -0.2) is 29.7 Å². The predicted molar refractivity (Wildman–Crippen MR) is 71.9 cm³/mol. The molecule has 0 amide bonds. The molecule has 106 valence electrons. The van der Waals surface area contributed by atoms with Crippen LogP contribution in [0, 0.1) is 0 Å². The Labute approximate surface area is 118 Å². The standard InChI is InChI=1S/C12H18N2O4S/c1-4-14(17-18-19)9(2)11-5-10(7-13-8-11)6-12(15)16-3/h5,7-9,19H,4,6H2,1-3H3. The van der Waals surface area contributed by atoms with Crippen molar-refractivity contribution in [3.05, 3.63) is 29.6 Å². The maximum atomic E-state index is 11.2. The number of methoxy groups -OCH3 is 1. The Morgan fingerprint density at radius 3 is 2.84 bits per heavy atom. The summed E-state index contributed by atoms with van der Waals surface area (Å²) in [7, 11) is 1.36. The van der Waals surface area contributed by atoms with Crippen LogP contribution < -0.4 is 0 Å². The lowest BCUT2D eigenvalue weighted by molar-refractivity contribution is -0.370. The fraction of sp³-hybridized carbons (Fsp3) is 0.500. The number of carbonyl (C=O) groups excluding carboxylic acids is 1. The molecule has 6 nitrogen and oxygen atoms in total. The second-order valence-electron chi connectivity index (χ2n) is 3.94. The molecule has 0 aromatic carbocycles. The fourth-order valence-corrected chi connectivity index (χ4v) is 1.76. The molecule has 0 aliphatic rings. The van der Waals surface area contributed by atoms with Gasteiger partial charge in [0.05, 0.1) is 19.6 Å². The van der Waals surface area contributed by atoms with Gasteiger partial charge in [-0.25, -0.2) is 0 Å². The highest BCUT2D eigenvalue weighted by Crippen LogP contribution is 2.21. The van der Waals surface area contributed by atoms with Gasteiger partial charge in [-0.15, -0.1) is 14.4 Å². The van der Waals surface area contributed by atoms with Crippen molar-refractivity contribution in [2.75, 3.05) is 13.7 Å². The lowest BCUT2D eigenvalue weighted by atomic mass is 10.1. The number of hydrogen-bond donors (Lipinski definition) is 1. The lowest BCUT2D eigenvalue weighted by Crippen LogP contribution is -2.26.